The van der Waals surface area contributed by atoms with Crippen LogP contribution in [0, 0.1) is 17.1 Å². The zero-order chi connectivity index (χ0) is 12.8. The molecular weight excluding hydrogens is 223 g/mol. The number of rotatable bonds is 5. The van der Waals surface area contributed by atoms with Crippen LogP contribution in [0.15, 0.2) is 18.2 Å². The molecule has 0 heterocycles. The summed E-state index contributed by atoms with van der Waals surface area (Å²) in [6.07, 6.45) is 0. The third-order valence-electron chi connectivity index (χ3n) is 2.38. The van der Waals surface area contributed by atoms with Crippen LogP contribution in [-0.4, -0.2) is 29.1 Å². The van der Waals surface area contributed by atoms with Gasteiger partial charge in [0.1, 0.15) is 5.82 Å². The monoisotopic (exact) mass is 236 g/mol. The first-order chi connectivity index (χ1) is 8.06. The lowest BCUT2D eigenvalue weighted by molar-refractivity contribution is -0.138. The predicted molar refractivity (Wildman–Crippen MR) is 59.7 cm³/mol. The van der Waals surface area contributed by atoms with Crippen molar-refractivity contribution in [3.8, 4) is 6.07 Å². The lowest BCUT2D eigenvalue weighted by atomic mass is 10.1. The second kappa shape index (κ2) is 5.97. The summed E-state index contributed by atoms with van der Waals surface area (Å²) in [4.78, 5) is 12.2. The molecule has 90 valence electrons. The average molecular weight is 236 g/mol. The van der Waals surface area contributed by atoms with Crippen LogP contribution in [0.25, 0.3) is 0 Å². The molecule has 0 aromatic heterocycles. The minimum Gasteiger partial charge on any atom is -0.480 e. The second-order valence-corrected chi connectivity index (χ2v) is 3.62. The minimum absolute atomic E-state index is 0.129. The van der Waals surface area contributed by atoms with Gasteiger partial charge in [-0.05, 0) is 18.7 Å². The number of likely N-dealkylation sites (N-methyl/N-ethyl adjacent to an activating group) is 1. The van der Waals surface area contributed by atoms with Crippen LogP contribution < -0.4 is 0 Å². The number of nitrogens with zero attached hydrogens (tertiary/aromatic N) is 2. The van der Waals surface area contributed by atoms with E-state index < -0.39 is 11.8 Å². The number of carboxylic acid groups (broad SMARTS) is 1. The molecule has 0 fully saturated rings. The van der Waals surface area contributed by atoms with Crippen molar-refractivity contribution in [2.45, 2.75) is 13.5 Å². The van der Waals surface area contributed by atoms with E-state index in [1.54, 1.807) is 4.90 Å². The molecule has 0 saturated heterocycles. The van der Waals surface area contributed by atoms with E-state index >= 15 is 0 Å². The van der Waals surface area contributed by atoms with Crippen LogP contribution in [0.3, 0.4) is 0 Å². The molecule has 17 heavy (non-hydrogen) atoms. The Morgan fingerprint density at radius 3 is 2.76 bits per heavy atom. The normalized spacial score (nSPS) is 10.2. The Morgan fingerprint density at radius 1 is 1.59 bits per heavy atom. The molecule has 1 aromatic carbocycles. The van der Waals surface area contributed by atoms with Crippen molar-refractivity contribution in [2.75, 3.05) is 13.1 Å². The number of halogens is 1. The molecule has 0 spiro atoms. The maximum atomic E-state index is 13.5. The Labute approximate surface area is 98.9 Å². The zero-order valence-electron chi connectivity index (χ0n) is 9.48. The fourth-order valence-corrected chi connectivity index (χ4v) is 1.46. The van der Waals surface area contributed by atoms with Crippen molar-refractivity contribution < 1.29 is 14.3 Å². The van der Waals surface area contributed by atoms with Gasteiger partial charge in [-0.15, -0.1) is 0 Å². The predicted octanol–water partition coefficient (Wildman–Crippen LogP) is 1.60. The van der Waals surface area contributed by atoms with Gasteiger partial charge < -0.3 is 5.11 Å². The van der Waals surface area contributed by atoms with Crippen molar-refractivity contribution in [3.63, 3.8) is 0 Å². The van der Waals surface area contributed by atoms with Crippen molar-refractivity contribution in [1.82, 2.24) is 4.90 Å². The Hall–Kier alpha value is -1.93. The summed E-state index contributed by atoms with van der Waals surface area (Å²) in [5.74, 6) is -1.42. The summed E-state index contributed by atoms with van der Waals surface area (Å²) in [5, 5.41) is 17.3. The van der Waals surface area contributed by atoms with E-state index in [2.05, 4.69) is 0 Å². The van der Waals surface area contributed by atoms with Gasteiger partial charge in [0.05, 0.1) is 18.2 Å². The molecule has 0 aliphatic heterocycles. The molecule has 4 nitrogen and oxygen atoms in total. The first-order valence-electron chi connectivity index (χ1n) is 5.19. The number of benzene rings is 1. The highest BCUT2D eigenvalue weighted by molar-refractivity contribution is 5.69. The number of carboxylic acids is 1. The Bertz CT molecular complexity index is 454. The Kier molecular flexibility index (Phi) is 4.61. The van der Waals surface area contributed by atoms with Gasteiger partial charge in [0.2, 0.25) is 0 Å². The third-order valence-corrected chi connectivity index (χ3v) is 2.38. The molecule has 1 N–H and O–H groups in total. The van der Waals surface area contributed by atoms with Crippen LogP contribution in [-0.2, 0) is 11.3 Å². The van der Waals surface area contributed by atoms with Crippen LogP contribution in [0.1, 0.15) is 18.1 Å². The SMILES string of the molecule is CCN(CC(=O)O)Cc1ccc(C#N)cc1F. The Morgan fingerprint density at radius 2 is 2.29 bits per heavy atom. The lowest BCUT2D eigenvalue weighted by Gasteiger charge is -2.18. The largest absolute Gasteiger partial charge is 0.480 e. The fraction of sp³-hybridized carbons (Fsp3) is 0.333. The highest BCUT2D eigenvalue weighted by Gasteiger charge is 2.11. The molecule has 0 atom stereocenters. The van der Waals surface area contributed by atoms with E-state index in [-0.39, 0.29) is 18.7 Å². The van der Waals surface area contributed by atoms with Crippen molar-refractivity contribution in [3.05, 3.63) is 35.1 Å². The summed E-state index contributed by atoms with van der Waals surface area (Å²) in [6.45, 7) is 2.42. The molecule has 0 amide bonds. The van der Waals surface area contributed by atoms with E-state index in [0.29, 0.717) is 12.1 Å². The molecule has 0 aliphatic carbocycles. The van der Waals surface area contributed by atoms with Crippen LogP contribution >= 0.6 is 0 Å². The van der Waals surface area contributed by atoms with E-state index in [0.717, 1.165) is 6.07 Å². The first-order valence-corrected chi connectivity index (χ1v) is 5.19. The van der Waals surface area contributed by atoms with Gasteiger partial charge >= 0.3 is 5.97 Å². The molecular formula is C12H13FN2O2. The van der Waals surface area contributed by atoms with Gasteiger partial charge in [-0.25, -0.2) is 4.39 Å². The number of hydrogen-bond acceptors (Lipinski definition) is 3. The fourth-order valence-electron chi connectivity index (χ4n) is 1.46. The smallest absolute Gasteiger partial charge is 0.317 e. The van der Waals surface area contributed by atoms with Crippen LogP contribution in [0.5, 0.6) is 0 Å². The Balaban J connectivity index is 2.80. The highest BCUT2D eigenvalue weighted by Crippen LogP contribution is 2.12. The molecule has 0 bridgehead atoms. The number of carbonyl (C=O) groups is 1. The lowest BCUT2D eigenvalue weighted by Crippen LogP contribution is -2.29. The van der Waals surface area contributed by atoms with Crippen LogP contribution in [0.2, 0.25) is 0 Å². The van der Waals surface area contributed by atoms with Gasteiger partial charge in [-0.2, -0.15) is 5.26 Å². The molecule has 0 aliphatic rings. The van der Waals surface area contributed by atoms with Gasteiger partial charge in [0.15, 0.2) is 0 Å². The number of nitriles is 1. The summed E-state index contributed by atoms with van der Waals surface area (Å²) in [6, 6.07) is 6.04. The van der Waals surface area contributed by atoms with Gasteiger partial charge in [-0.1, -0.05) is 13.0 Å². The van der Waals surface area contributed by atoms with Gasteiger partial charge in [0.25, 0.3) is 0 Å². The summed E-state index contributed by atoms with van der Waals surface area (Å²) < 4.78 is 13.5. The van der Waals surface area contributed by atoms with Crippen LogP contribution in [0.4, 0.5) is 4.39 Å². The van der Waals surface area contributed by atoms with Crippen molar-refractivity contribution >= 4 is 5.97 Å². The minimum atomic E-state index is -0.944. The van der Waals surface area contributed by atoms with Crippen molar-refractivity contribution in [1.29, 1.82) is 5.26 Å². The van der Waals surface area contributed by atoms with E-state index in [1.165, 1.54) is 12.1 Å². The zero-order valence-corrected chi connectivity index (χ0v) is 9.48. The maximum Gasteiger partial charge on any atom is 0.317 e. The highest BCUT2D eigenvalue weighted by atomic mass is 19.1. The number of aliphatic carboxylic acids is 1. The van der Waals surface area contributed by atoms with E-state index in [1.807, 2.05) is 13.0 Å². The molecule has 1 rings (SSSR count). The standard InChI is InChI=1S/C12H13FN2O2/c1-2-15(8-12(16)17)7-10-4-3-9(6-14)5-11(10)13/h3-5H,2,7-8H2,1H3,(H,16,17). The first kappa shape index (κ1) is 13.1. The van der Waals surface area contributed by atoms with E-state index in [9.17, 15) is 9.18 Å². The summed E-state index contributed by atoms with van der Waals surface area (Å²) in [7, 11) is 0. The topological polar surface area (TPSA) is 64.3 Å². The van der Waals surface area contributed by atoms with Crippen molar-refractivity contribution in [2.24, 2.45) is 0 Å². The quantitative estimate of drug-likeness (QED) is 0.843. The molecule has 1 aromatic rings. The molecule has 5 heteroatoms. The maximum absolute atomic E-state index is 13.5. The van der Waals surface area contributed by atoms with Gasteiger partial charge in [-0.3, -0.25) is 9.69 Å². The van der Waals surface area contributed by atoms with Gasteiger partial charge in [0, 0.05) is 12.1 Å². The molecule has 0 radical (unpaired) electrons. The second-order valence-electron chi connectivity index (χ2n) is 3.62. The van der Waals surface area contributed by atoms with E-state index in [4.69, 9.17) is 10.4 Å². The average Bonchev–Trinajstić information content (AvgIpc) is 2.29. The number of hydrogen-bond donors (Lipinski definition) is 1. The summed E-state index contributed by atoms with van der Waals surface area (Å²) >= 11 is 0. The third kappa shape index (κ3) is 3.85. The summed E-state index contributed by atoms with van der Waals surface area (Å²) in [5.41, 5.74) is 0.652. The molecule has 0 saturated carbocycles. The molecule has 0 unspecified atom stereocenters.